The van der Waals surface area contributed by atoms with Gasteiger partial charge in [0.1, 0.15) is 42.9 Å². The Balaban J connectivity index is -0.000000455. The average Bonchev–Trinajstić information content (AvgIpc) is 2.80. The zero-order chi connectivity index (χ0) is 27.1. The van der Waals surface area contributed by atoms with Gasteiger partial charge in [-0.05, 0) is 40.8 Å². The number of ether oxygens (including phenoxy) is 4. The minimum Gasteiger partial charge on any atom is -0.480 e. The monoisotopic (exact) mass is 958 g/mol. The molecule has 0 aromatic carbocycles. The smallest absolute Gasteiger partial charge is 0.480 e. The molecule has 0 amide bonds. The molecule has 0 aliphatic carbocycles. The van der Waals surface area contributed by atoms with Gasteiger partial charge in [0.25, 0.3) is 0 Å². The van der Waals surface area contributed by atoms with Gasteiger partial charge in [-0.2, -0.15) is 9.97 Å². The van der Waals surface area contributed by atoms with Crippen LogP contribution in [-0.2, 0) is 9.47 Å². The second-order valence-corrected chi connectivity index (χ2v) is 8.39. The summed E-state index contributed by atoms with van der Waals surface area (Å²) in [5.74, 6) is -0.0159. The Labute approximate surface area is 266 Å². The van der Waals surface area contributed by atoms with E-state index in [0.29, 0.717) is 15.2 Å². The van der Waals surface area contributed by atoms with E-state index in [9.17, 15) is 9.59 Å². The van der Waals surface area contributed by atoms with Crippen LogP contribution in [0.5, 0.6) is 11.8 Å². The molecule has 0 radical (unpaired) electrons. The summed E-state index contributed by atoms with van der Waals surface area (Å²) in [7, 11) is 5.42. The molecule has 0 atom stereocenters. The first-order chi connectivity index (χ1) is 15.8. The molecule has 0 spiro atoms. The van der Waals surface area contributed by atoms with Crippen molar-refractivity contribution in [3.05, 3.63) is 32.9 Å². The Morgan fingerprint density at radius 3 is 1.66 bits per heavy atom. The van der Waals surface area contributed by atoms with Crippen molar-refractivity contribution in [2.45, 2.75) is 0 Å². The average molecular weight is 958 g/mol. The van der Waals surface area contributed by atoms with Gasteiger partial charge in [-0.3, -0.25) is 13.7 Å². The van der Waals surface area contributed by atoms with Crippen molar-refractivity contribution in [1.29, 1.82) is 0 Å². The van der Waals surface area contributed by atoms with E-state index in [2.05, 4.69) is 56.7 Å². The maximum absolute atomic E-state index is 11.3. The van der Waals surface area contributed by atoms with E-state index in [1.807, 2.05) is 22.6 Å². The number of esters is 2. The van der Waals surface area contributed by atoms with Crippen molar-refractivity contribution in [2.75, 3.05) is 39.9 Å². The van der Waals surface area contributed by atoms with Gasteiger partial charge < -0.3 is 30.4 Å². The van der Waals surface area contributed by atoms with Crippen LogP contribution in [0.1, 0.15) is 20.7 Å². The van der Waals surface area contributed by atoms with E-state index < -0.39 is 32.0 Å². The normalized spacial score (nSPS) is 9.23. The van der Waals surface area contributed by atoms with Gasteiger partial charge >= 0.3 is 41.5 Å². The second-order valence-electron chi connectivity index (χ2n) is 5.07. The summed E-state index contributed by atoms with van der Waals surface area (Å²) in [6.45, 7) is 0. The van der Waals surface area contributed by atoms with Crippen molar-refractivity contribution in [1.82, 2.24) is 9.97 Å². The standard InChI is InChI=1S/C8H9IN2O3.C8H10N2O3.I2.IO4.Na/c1-13-7-4(8(12)14-2)3-5(9)6(10)11-7;1-12-7-5(8(11)13-2)3-4-6(9)10-7;1-2;2-1(3,4)5;/h3H,1-2H3,(H2,10,11);3-4H,1-2H3,(H2,9,10);;;/q;;;-1;+1. The summed E-state index contributed by atoms with van der Waals surface area (Å²) in [5, 5.41) is 0. The third-order valence-corrected chi connectivity index (χ3v) is 3.91. The van der Waals surface area contributed by atoms with Gasteiger partial charge in [0.2, 0.25) is 11.8 Å². The Morgan fingerprint density at radius 2 is 1.26 bits per heavy atom. The van der Waals surface area contributed by atoms with Crippen LogP contribution in [0, 0.1) is 3.57 Å². The summed E-state index contributed by atoms with van der Waals surface area (Å²) in [4.78, 5) is 30.1. The number of anilines is 2. The Kier molecular flexibility index (Phi) is 24.0. The van der Waals surface area contributed by atoms with Crippen molar-refractivity contribution in [2.24, 2.45) is 0 Å². The van der Waals surface area contributed by atoms with Crippen molar-refractivity contribution < 1.29 is 91.9 Å². The molecular weight excluding hydrogens is 939 g/mol. The number of nitrogens with two attached hydrogens (primary N) is 2. The molecule has 35 heavy (non-hydrogen) atoms. The second kappa shape index (κ2) is 21.2. The summed E-state index contributed by atoms with van der Waals surface area (Å²) in [6.07, 6.45) is 0. The van der Waals surface area contributed by atoms with Crippen LogP contribution < -0.4 is 84.3 Å². The van der Waals surface area contributed by atoms with Crippen LogP contribution in [0.25, 0.3) is 0 Å². The molecular formula is C16H19I4N4NaO10. The third-order valence-electron chi connectivity index (χ3n) is 3.05. The number of pyridine rings is 2. The molecule has 0 aliphatic rings. The largest absolute Gasteiger partial charge is 1.00 e. The summed E-state index contributed by atoms with van der Waals surface area (Å²) < 4.78 is 54.0. The maximum atomic E-state index is 11.3. The van der Waals surface area contributed by atoms with Crippen LogP contribution >= 0.6 is 59.8 Å². The molecule has 19 heteroatoms. The number of carbonyl (C=O) groups is 2. The van der Waals surface area contributed by atoms with Crippen LogP contribution in [0.15, 0.2) is 18.2 Å². The van der Waals surface area contributed by atoms with Gasteiger partial charge in [0, 0.05) is 37.2 Å². The van der Waals surface area contributed by atoms with Crippen molar-refractivity contribution in [3.63, 3.8) is 0 Å². The van der Waals surface area contributed by atoms with Crippen LogP contribution in [0.4, 0.5) is 11.6 Å². The number of aromatic nitrogens is 2. The first-order valence-corrected chi connectivity index (χ1v) is 18.9. The predicted octanol–water partition coefficient (Wildman–Crippen LogP) is -7.45. The first kappa shape index (κ1) is 39.7. The Bertz CT molecular complexity index is 932. The molecule has 4 N–H and O–H groups in total. The quantitative estimate of drug-likeness (QED) is 0.165. The molecule has 0 saturated heterocycles. The third kappa shape index (κ3) is 17.4. The SMILES string of the molecule is COC(=O)c1cc(I)c(N)nc1OC.COC(=O)c1ccc(N)nc1OC.II.[Na+].[O-][I+3]([O-])([O-])[O-]. The van der Waals surface area contributed by atoms with Gasteiger partial charge in [0.15, 0.2) is 0 Å². The molecule has 0 bridgehead atoms. The first-order valence-electron chi connectivity index (χ1n) is 8.02. The number of methoxy groups -OCH3 is 4. The zero-order valence-electron chi connectivity index (χ0n) is 18.9. The maximum Gasteiger partial charge on any atom is 1.00 e. The fourth-order valence-corrected chi connectivity index (χ4v) is 2.20. The molecule has 0 fully saturated rings. The zero-order valence-corrected chi connectivity index (χ0v) is 29.5. The molecule has 14 nitrogen and oxygen atoms in total. The molecule has 2 aromatic rings. The topological polar surface area (TPSA) is 241 Å². The number of nitrogens with zero attached hydrogens (tertiary/aromatic N) is 2. The molecule has 0 saturated carbocycles. The van der Waals surface area contributed by atoms with E-state index in [4.69, 9.17) is 34.7 Å². The fourth-order valence-electron chi connectivity index (χ4n) is 1.77. The Hall–Kier alpha value is 0.200. The van der Waals surface area contributed by atoms with Crippen molar-refractivity contribution in [3.8, 4) is 11.8 Å². The minimum absolute atomic E-state index is 0. The molecule has 0 aliphatic heterocycles. The number of rotatable bonds is 4. The van der Waals surface area contributed by atoms with Gasteiger partial charge in [-0.1, -0.05) is 0 Å². The number of nitrogen functional groups attached to an aromatic ring is 2. The van der Waals surface area contributed by atoms with Crippen LogP contribution in [0.3, 0.4) is 0 Å². The summed E-state index contributed by atoms with van der Waals surface area (Å²) in [6, 6.07) is 4.59. The summed E-state index contributed by atoms with van der Waals surface area (Å²) >= 11 is 0.282. The van der Waals surface area contributed by atoms with Crippen molar-refractivity contribution >= 4 is 83.4 Å². The molecule has 0 unspecified atom stereocenters. The predicted molar refractivity (Wildman–Crippen MR) is 134 cm³/mol. The molecule has 2 rings (SSSR count). The van der Waals surface area contributed by atoms with E-state index in [1.54, 1.807) is 6.07 Å². The number of hydrogen-bond acceptors (Lipinski definition) is 14. The van der Waals surface area contributed by atoms with E-state index in [0.717, 1.165) is 0 Å². The van der Waals surface area contributed by atoms with Gasteiger partial charge in [0.05, 0.1) is 32.0 Å². The number of carbonyl (C=O) groups excluding carboxylic acids is 2. The van der Waals surface area contributed by atoms with E-state index in [-0.39, 0.29) is 52.4 Å². The number of hydrogen-bond donors (Lipinski definition) is 2. The van der Waals surface area contributed by atoms with E-state index >= 15 is 0 Å². The van der Waals surface area contributed by atoms with Crippen LogP contribution in [-0.4, -0.2) is 50.3 Å². The van der Waals surface area contributed by atoms with Gasteiger partial charge in [-0.25, -0.2) is 9.59 Å². The minimum atomic E-state index is -5.94. The molecule has 2 heterocycles. The fraction of sp³-hybridized carbons (Fsp3) is 0.250. The summed E-state index contributed by atoms with van der Waals surface area (Å²) in [5.41, 5.74) is 11.5. The van der Waals surface area contributed by atoms with Crippen LogP contribution in [0.2, 0.25) is 0 Å². The van der Waals surface area contributed by atoms with E-state index in [1.165, 1.54) is 40.6 Å². The molecule has 2 aromatic heterocycles. The Morgan fingerprint density at radius 1 is 0.857 bits per heavy atom. The number of halogens is 4. The van der Waals surface area contributed by atoms with Gasteiger partial charge in [-0.15, -0.1) is 0 Å². The molecule has 192 valence electrons.